The van der Waals surface area contributed by atoms with Crippen molar-refractivity contribution in [1.82, 2.24) is 5.32 Å². The van der Waals surface area contributed by atoms with E-state index in [0.717, 1.165) is 5.56 Å². The van der Waals surface area contributed by atoms with Crippen molar-refractivity contribution in [3.8, 4) is 5.75 Å². The summed E-state index contributed by atoms with van der Waals surface area (Å²) in [6.07, 6.45) is 0. The first kappa shape index (κ1) is 9.02. The number of carbonyl (C=O) groups excluding carboxylic acids is 1. The summed E-state index contributed by atoms with van der Waals surface area (Å²) in [6, 6.07) is 6.63. The van der Waals surface area contributed by atoms with E-state index in [2.05, 4.69) is 5.32 Å². The molecular formula is C10H11NO3. The summed E-state index contributed by atoms with van der Waals surface area (Å²) in [7, 11) is 0. The lowest BCUT2D eigenvalue weighted by Crippen LogP contribution is -2.39. The first-order valence-electron chi connectivity index (χ1n) is 4.42. The van der Waals surface area contributed by atoms with Gasteiger partial charge in [0.05, 0.1) is 12.6 Å². The highest BCUT2D eigenvalue weighted by molar-refractivity contribution is 5.78. The summed E-state index contributed by atoms with van der Waals surface area (Å²) in [5.74, 6) is 0.117. The Hall–Kier alpha value is -1.55. The van der Waals surface area contributed by atoms with Crippen molar-refractivity contribution in [1.29, 1.82) is 0 Å². The number of carbonyl (C=O) groups is 1. The average Bonchev–Trinajstić information content (AvgIpc) is 2.19. The quantitative estimate of drug-likeness (QED) is 0.685. The molecule has 1 aliphatic rings. The van der Waals surface area contributed by atoms with E-state index in [9.17, 15) is 4.79 Å². The van der Waals surface area contributed by atoms with E-state index in [1.165, 1.54) is 0 Å². The van der Waals surface area contributed by atoms with Crippen molar-refractivity contribution in [2.75, 3.05) is 13.2 Å². The lowest BCUT2D eigenvalue weighted by atomic mass is 10.1. The Labute approximate surface area is 81.5 Å². The van der Waals surface area contributed by atoms with E-state index in [1.54, 1.807) is 24.3 Å². The third-order valence-corrected chi connectivity index (χ3v) is 2.15. The molecule has 1 heterocycles. The number of phenolic OH excluding ortho intramolecular Hbond substituents is 1. The monoisotopic (exact) mass is 193 g/mol. The molecule has 0 aliphatic carbocycles. The lowest BCUT2D eigenvalue weighted by Gasteiger charge is -2.23. The molecule has 0 aromatic heterocycles. The summed E-state index contributed by atoms with van der Waals surface area (Å²) < 4.78 is 5.10. The van der Waals surface area contributed by atoms with Gasteiger partial charge >= 0.3 is 0 Å². The van der Waals surface area contributed by atoms with Gasteiger partial charge in [-0.2, -0.15) is 0 Å². The summed E-state index contributed by atoms with van der Waals surface area (Å²) in [5.41, 5.74) is 0.941. The van der Waals surface area contributed by atoms with Crippen LogP contribution in [-0.2, 0) is 9.53 Å². The topological polar surface area (TPSA) is 58.6 Å². The lowest BCUT2D eigenvalue weighted by molar-refractivity contribution is -0.131. The number of ether oxygens (including phenoxy) is 1. The van der Waals surface area contributed by atoms with Crippen LogP contribution in [0.3, 0.4) is 0 Å². The van der Waals surface area contributed by atoms with Crippen LogP contribution in [-0.4, -0.2) is 24.2 Å². The molecule has 2 rings (SSSR count). The number of rotatable bonds is 1. The van der Waals surface area contributed by atoms with E-state index in [1.807, 2.05) is 0 Å². The van der Waals surface area contributed by atoms with Crippen LogP contribution in [0.15, 0.2) is 24.3 Å². The van der Waals surface area contributed by atoms with E-state index >= 15 is 0 Å². The highest BCUT2D eigenvalue weighted by Gasteiger charge is 2.19. The number of hydrogen-bond donors (Lipinski definition) is 2. The normalized spacial score (nSPS) is 21.7. The van der Waals surface area contributed by atoms with Crippen LogP contribution in [0, 0.1) is 0 Å². The smallest absolute Gasteiger partial charge is 0.246 e. The number of amides is 1. The predicted octanol–water partition coefficient (Wildman–Crippen LogP) is 0.580. The summed E-state index contributed by atoms with van der Waals surface area (Å²) in [5, 5.41) is 11.9. The maximum absolute atomic E-state index is 11.0. The van der Waals surface area contributed by atoms with Gasteiger partial charge in [0, 0.05) is 0 Å². The minimum Gasteiger partial charge on any atom is -0.508 e. The van der Waals surface area contributed by atoms with Gasteiger partial charge in [0.1, 0.15) is 12.4 Å². The minimum atomic E-state index is -0.102. The van der Waals surface area contributed by atoms with Gasteiger partial charge < -0.3 is 15.2 Å². The molecule has 0 radical (unpaired) electrons. The van der Waals surface area contributed by atoms with Gasteiger partial charge in [-0.25, -0.2) is 0 Å². The fourth-order valence-electron chi connectivity index (χ4n) is 1.43. The summed E-state index contributed by atoms with van der Waals surface area (Å²) >= 11 is 0. The van der Waals surface area contributed by atoms with Crippen molar-refractivity contribution in [3.05, 3.63) is 29.8 Å². The number of nitrogens with one attached hydrogen (secondary N) is 1. The highest BCUT2D eigenvalue weighted by atomic mass is 16.5. The second-order valence-electron chi connectivity index (χ2n) is 3.23. The zero-order valence-electron chi connectivity index (χ0n) is 7.56. The number of hydrogen-bond acceptors (Lipinski definition) is 3. The number of aromatic hydroxyl groups is 1. The molecule has 0 spiro atoms. The minimum absolute atomic E-state index is 0.100. The molecule has 2 N–H and O–H groups in total. The Morgan fingerprint density at radius 3 is 2.71 bits per heavy atom. The van der Waals surface area contributed by atoms with Crippen molar-refractivity contribution in [2.24, 2.45) is 0 Å². The van der Waals surface area contributed by atoms with Crippen LogP contribution < -0.4 is 5.32 Å². The fraction of sp³-hybridized carbons (Fsp3) is 0.300. The molecule has 1 saturated heterocycles. The van der Waals surface area contributed by atoms with E-state index in [0.29, 0.717) is 6.61 Å². The maximum Gasteiger partial charge on any atom is 0.246 e. The Morgan fingerprint density at radius 2 is 2.07 bits per heavy atom. The number of benzene rings is 1. The van der Waals surface area contributed by atoms with Crippen LogP contribution >= 0.6 is 0 Å². The van der Waals surface area contributed by atoms with Crippen LogP contribution in [0.25, 0.3) is 0 Å². The van der Waals surface area contributed by atoms with E-state index in [-0.39, 0.29) is 24.3 Å². The van der Waals surface area contributed by atoms with Gasteiger partial charge in [0.2, 0.25) is 5.91 Å². The predicted molar refractivity (Wildman–Crippen MR) is 49.8 cm³/mol. The summed E-state index contributed by atoms with van der Waals surface area (Å²) in [4.78, 5) is 11.0. The molecule has 74 valence electrons. The standard InChI is InChI=1S/C10H11NO3/c12-8-3-1-7(2-4-8)9-5-14-6-10(13)11-9/h1-4,9,12H,5-6H2,(H,11,13)/t9-/m0/s1. The number of phenols is 1. The molecule has 1 aliphatic heterocycles. The van der Waals surface area contributed by atoms with Gasteiger partial charge in [-0.05, 0) is 17.7 Å². The maximum atomic E-state index is 11.0. The second kappa shape index (κ2) is 3.67. The van der Waals surface area contributed by atoms with E-state index in [4.69, 9.17) is 9.84 Å². The van der Waals surface area contributed by atoms with Gasteiger partial charge in [0.15, 0.2) is 0 Å². The molecule has 0 unspecified atom stereocenters. The van der Waals surface area contributed by atoms with Crippen LogP contribution in [0.4, 0.5) is 0 Å². The molecule has 14 heavy (non-hydrogen) atoms. The molecular weight excluding hydrogens is 182 g/mol. The fourth-order valence-corrected chi connectivity index (χ4v) is 1.43. The van der Waals surface area contributed by atoms with E-state index < -0.39 is 0 Å². The third kappa shape index (κ3) is 1.85. The molecule has 1 fully saturated rings. The first-order valence-corrected chi connectivity index (χ1v) is 4.42. The van der Waals surface area contributed by atoms with Crippen molar-refractivity contribution >= 4 is 5.91 Å². The van der Waals surface area contributed by atoms with Gasteiger partial charge in [-0.3, -0.25) is 4.79 Å². The molecule has 0 saturated carbocycles. The van der Waals surface area contributed by atoms with Crippen molar-refractivity contribution in [3.63, 3.8) is 0 Å². The Bertz CT molecular complexity index is 334. The third-order valence-electron chi connectivity index (χ3n) is 2.15. The average molecular weight is 193 g/mol. The van der Waals surface area contributed by atoms with Crippen LogP contribution in [0.2, 0.25) is 0 Å². The molecule has 0 bridgehead atoms. The van der Waals surface area contributed by atoms with Gasteiger partial charge in [-0.15, -0.1) is 0 Å². The first-order chi connectivity index (χ1) is 6.75. The molecule has 4 nitrogen and oxygen atoms in total. The number of morpholine rings is 1. The SMILES string of the molecule is O=C1COC[C@@H](c2ccc(O)cc2)N1. The Balaban J connectivity index is 2.14. The molecule has 1 aromatic rings. The van der Waals surface area contributed by atoms with Crippen molar-refractivity contribution < 1.29 is 14.6 Å². The van der Waals surface area contributed by atoms with Crippen LogP contribution in [0.5, 0.6) is 5.75 Å². The molecule has 1 atom stereocenters. The van der Waals surface area contributed by atoms with Gasteiger partial charge in [-0.1, -0.05) is 12.1 Å². The Morgan fingerprint density at radius 1 is 1.36 bits per heavy atom. The van der Waals surface area contributed by atoms with Crippen LogP contribution in [0.1, 0.15) is 11.6 Å². The molecule has 1 amide bonds. The van der Waals surface area contributed by atoms with Gasteiger partial charge in [0.25, 0.3) is 0 Å². The largest absolute Gasteiger partial charge is 0.508 e. The summed E-state index contributed by atoms with van der Waals surface area (Å²) in [6.45, 7) is 0.616. The zero-order chi connectivity index (χ0) is 9.97. The Kier molecular flexibility index (Phi) is 2.37. The molecule has 4 heteroatoms. The molecule has 1 aromatic carbocycles. The van der Waals surface area contributed by atoms with Crippen molar-refractivity contribution in [2.45, 2.75) is 6.04 Å². The highest BCUT2D eigenvalue weighted by Crippen LogP contribution is 2.18. The zero-order valence-corrected chi connectivity index (χ0v) is 7.56. The second-order valence-corrected chi connectivity index (χ2v) is 3.23.